The summed E-state index contributed by atoms with van der Waals surface area (Å²) in [5.74, 6) is -0.649. The summed E-state index contributed by atoms with van der Waals surface area (Å²) in [4.78, 5) is 42.8. The van der Waals surface area contributed by atoms with Gasteiger partial charge in [-0.25, -0.2) is 9.79 Å². The average molecular weight is 531 g/mol. The minimum atomic E-state index is -0.771. The van der Waals surface area contributed by atoms with E-state index < -0.39 is 18.0 Å². The maximum absolute atomic E-state index is 13.6. The molecule has 0 saturated carbocycles. The summed E-state index contributed by atoms with van der Waals surface area (Å²) in [5, 5.41) is 0.788. The number of esters is 2. The number of carbonyl (C=O) groups excluding carboxylic acids is 2. The Bertz CT molecular complexity index is 1540. The van der Waals surface area contributed by atoms with Crippen LogP contribution in [0.15, 0.2) is 63.5 Å². The number of nitrogens with zero attached hydrogens (tertiary/aromatic N) is 2. The van der Waals surface area contributed by atoms with Crippen LogP contribution >= 0.6 is 34.5 Å². The quantitative estimate of drug-likeness (QED) is 0.367. The van der Waals surface area contributed by atoms with Gasteiger partial charge in [-0.1, -0.05) is 52.7 Å². The first-order valence-electron chi connectivity index (χ1n) is 10.6. The zero-order chi connectivity index (χ0) is 25.3. The number of aromatic nitrogens is 1. The first kappa shape index (κ1) is 24.9. The van der Waals surface area contributed by atoms with E-state index in [1.807, 2.05) is 0 Å². The molecule has 2 heterocycles. The molecule has 1 unspecified atom stereocenters. The van der Waals surface area contributed by atoms with Gasteiger partial charge in [-0.05, 0) is 55.3 Å². The van der Waals surface area contributed by atoms with Crippen LogP contribution in [0.2, 0.25) is 10.0 Å². The summed E-state index contributed by atoms with van der Waals surface area (Å²) >= 11 is 13.3. The van der Waals surface area contributed by atoms with Crippen LogP contribution in [0.4, 0.5) is 0 Å². The van der Waals surface area contributed by atoms with Gasteiger partial charge in [-0.15, -0.1) is 0 Å². The van der Waals surface area contributed by atoms with Gasteiger partial charge < -0.3 is 9.47 Å². The molecule has 4 rings (SSSR count). The average Bonchev–Trinajstić information content (AvgIpc) is 3.10. The molecular formula is C25H20Cl2N2O5S. The number of hydrogen-bond acceptors (Lipinski definition) is 7. The van der Waals surface area contributed by atoms with Gasteiger partial charge in [-0.3, -0.25) is 14.2 Å². The van der Waals surface area contributed by atoms with Crippen LogP contribution in [-0.2, 0) is 14.3 Å². The van der Waals surface area contributed by atoms with Crippen LogP contribution in [0.25, 0.3) is 6.08 Å². The van der Waals surface area contributed by atoms with E-state index in [0.717, 1.165) is 0 Å². The molecule has 7 nitrogen and oxygen atoms in total. The van der Waals surface area contributed by atoms with E-state index in [1.165, 1.54) is 22.8 Å². The van der Waals surface area contributed by atoms with E-state index in [9.17, 15) is 14.4 Å². The molecule has 35 heavy (non-hydrogen) atoms. The van der Waals surface area contributed by atoms with E-state index in [4.69, 9.17) is 32.7 Å². The zero-order valence-electron chi connectivity index (χ0n) is 19.0. The van der Waals surface area contributed by atoms with E-state index in [0.29, 0.717) is 42.0 Å². The van der Waals surface area contributed by atoms with Gasteiger partial charge in [0.2, 0.25) is 0 Å². The SMILES string of the molecule is CCOC(=O)C1=C(C)N=c2s/c(=C/c3ccc(Cl)c(Cl)c3)c(=O)n2C1c1ccc(OC(C)=O)cc1. The number of benzene rings is 2. The number of carbonyl (C=O) groups is 2. The molecule has 0 N–H and O–H groups in total. The molecule has 0 spiro atoms. The summed E-state index contributed by atoms with van der Waals surface area (Å²) in [6.07, 6.45) is 1.70. The first-order valence-corrected chi connectivity index (χ1v) is 12.2. The Morgan fingerprint density at radius 1 is 1.14 bits per heavy atom. The summed E-state index contributed by atoms with van der Waals surface area (Å²) < 4.78 is 12.3. The summed E-state index contributed by atoms with van der Waals surface area (Å²) in [6.45, 7) is 4.91. The Balaban J connectivity index is 1.90. The Kier molecular flexibility index (Phi) is 7.25. The number of halogens is 2. The number of thiazole rings is 1. The fraction of sp³-hybridized carbons (Fsp3) is 0.200. The molecule has 0 saturated heterocycles. The minimum Gasteiger partial charge on any atom is -0.463 e. The molecule has 1 aromatic heterocycles. The highest BCUT2D eigenvalue weighted by atomic mass is 35.5. The molecule has 10 heteroatoms. The normalized spacial score (nSPS) is 15.5. The van der Waals surface area contributed by atoms with Crippen molar-refractivity contribution in [3.63, 3.8) is 0 Å². The molecular weight excluding hydrogens is 511 g/mol. The lowest BCUT2D eigenvalue weighted by Crippen LogP contribution is -2.39. The van der Waals surface area contributed by atoms with Crippen molar-refractivity contribution in [1.29, 1.82) is 0 Å². The lowest BCUT2D eigenvalue weighted by molar-refractivity contribution is -0.139. The molecule has 2 aromatic carbocycles. The van der Waals surface area contributed by atoms with Crippen LogP contribution < -0.4 is 19.6 Å². The molecule has 1 aliphatic heterocycles. The third-order valence-electron chi connectivity index (χ3n) is 5.22. The number of fused-ring (bicyclic) bond motifs is 1. The van der Waals surface area contributed by atoms with Crippen LogP contribution in [0.3, 0.4) is 0 Å². The molecule has 0 fully saturated rings. The van der Waals surface area contributed by atoms with E-state index >= 15 is 0 Å². The Morgan fingerprint density at radius 3 is 2.49 bits per heavy atom. The van der Waals surface area contributed by atoms with Crippen molar-refractivity contribution in [2.24, 2.45) is 4.99 Å². The van der Waals surface area contributed by atoms with Gasteiger partial charge in [-0.2, -0.15) is 0 Å². The predicted molar refractivity (Wildman–Crippen MR) is 135 cm³/mol. The van der Waals surface area contributed by atoms with Gasteiger partial charge in [0.25, 0.3) is 5.56 Å². The molecule has 1 aliphatic rings. The lowest BCUT2D eigenvalue weighted by Gasteiger charge is -2.24. The highest BCUT2D eigenvalue weighted by molar-refractivity contribution is 7.07. The summed E-state index contributed by atoms with van der Waals surface area (Å²) in [7, 11) is 0. The second-order valence-electron chi connectivity index (χ2n) is 7.64. The van der Waals surface area contributed by atoms with Crippen LogP contribution in [0, 0.1) is 0 Å². The molecule has 3 aromatic rings. The second-order valence-corrected chi connectivity index (χ2v) is 9.46. The summed E-state index contributed by atoms with van der Waals surface area (Å²) in [6, 6.07) is 10.9. The largest absolute Gasteiger partial charge is 0.463 e. The van der Waals surface area contributed by atoms with Crippen molar-refractivity contribution in [3.8, 4) is 5.75 Å². The number of hydrogen-bond donors (Lipinski definition) is 0. The monoisotopic (exact) mass is 530 g/mol. The van der Waals surface area contributed by atoms with Crippen molar-refractivity contribution < 1.29 is 19.1 Å². The number of allylic oxidation sites excluding steroid dienone is 1. The van der Waals surface area contributed by atoms with Crippen molar-refractivity contribution in [3.05, 3.63) is 94.6 Å². The second kappa shape index (κ2) is 10.2. The topological polar surface area (TPSA) is 87.0 Å². The molecule has 180 valence electrons. The lowest BCUT2D eigenvalue weighted by atomic mass is 9.96. The maximum atomic E-state index is 13.6. The Hall–Kier alpha value is -3.20. The minimum absolute atomic E-state index is 0.176. The Morgan fingerprint density at radius 2 is 1.86 bits per heavy atom. The summed E-state index contributed by atoms with van der Waals surface area (Å²) in [5.41, 5.74) is 1.75. The standard InChI is InChI=1S/C25H20Cl2N2O5S/c1-4-33-24(32)21-13(2)28-25-29(22(21)16-6-8-17(9-7-16)34-14(3)30)23(31)20(35-25)12-15-5-10-18(26)19(27)11-15/h5-12,22H,4H2,1-3H3/b20-12+. The third-order valence-corrected chi connectivity index (χ3v) is 6.94. The fourth-order valence-corrected chi connectivity index (χ4v) is 5.10. The molecule has 0 bridgehead atoms. The first-order chi connectivity index (χ1) is 16.7. The van der Waals surface area contributed by atoms with Crippen LogP contribution in [0.5, 0.6) is 5.75 Å². The van der Waals surface area contributed by atoms with Crippen LogP contribution in [-0.4, -0.2) is 23.1 Å². The number of ether oxygens (including phenoxy) is 2. The highest BCUT2D eigenvalue weighted by Crippen LogP contribution is 2.31. The molecule has 0 aliphatic carbocycles. The van der Waals surface area contributed by atoms with Crippen molar-refractivity contribution in [2.45, 2.75) is 26.8 Å². The molecule has 1 atom stereocenters. The van der Waals surface area contributed by atoms with E-state index in [-0.39, 0.29) is 17.7 Å². The van der Waals surface area contributed by atoms with Gasteiger partial charge >= 0.3 is 11.9 Å². The van der Waals surface area contributed by atoms with Gasteiger partial charge in [0.05, 0.1) is 38.5 Å². The van der Waals surface area contributed by atoms with Crippen molar-refractivity contribution >= 4 is 52.6 Å². The molecule has 0 amide bonds. The fourth-order valence-electron chi connectivity index (χ4n) is 3.74. The smallest absolute Gasteiger partial charge is 0.338 e. The van der Waals surface area contributed by atoms with Crippen molar-refractivity contribution in [2.75, 3.05) is 6.61 Å². The van der Waals surface area contributed by atoms with Crippen LogP contribution in [0.1, 0.15) is 37.9 Å². The van der Waals surface area contributed by atoms with Gasteiger partial charge in [0.1, 0.15) is 5.75 Å². The zero-order valence-corrected chi connectivity index (χ0v) is 21.3. The predicted octanol–water partition coefficient (Wildman–Crippen LogP) is 4.03. The van der Waals surface area contributed by atoms with E-state index in [2.05, 4.69) is 4.99 Å². The highest BCUT2D eigenvalue weighted by Gasteiger charge is 2.33. The Labute approximate surface area is 214 Å². The third kappa shape index (κ3) is 5.10. The van der Waals surface area contributed by atoms with Crippen molar-refractivity contribution in [1.82, 2.24) is 4.57 Å². The maximum Gasteiger partial charge on any atom is 0.338 e. The number of rotatable bonds is 5. The van der Waals surface area contributed by atoms with E-state index in [1.54, 1.807) is 62.4 Å². The van der Waals surface area contributed by atoms with Gasteiger partial charge in [0, 0.05) is 6.92 Å². The van der Waals surface area contributed by atoms with Gasteiger partial charge in [0.15, 0.2) is 4.80 Å². The molecule has 0 radical (unpaired) electrons.